The summed E-state index contributed by atoms with van der Waals surface area (Å²) >= 11 is 0. The summed E-state index contributed by atoms with van der Waals surface area (Å²) in [6.45, 7) is 5.04. The Morgan fingerprint density at radius 1 is 1.11 bits per heavy atom. The molecular formula is C34H38N4O7. The fourth-order valence-electron chi connectivity index (χ4n) is 5.76. The van der Waals surface area contributed by atoms with Crippen molar-refractivity contribution in [1.29, 1.82) is 0 Å². The van der Waals surface area contributed by atoms with Gasteiger partial charge >= 0.3 is 0 Å². The van der Waals surface area contributed by atoms with Gasteiger partial charge in [-0.05, 0) is 66.3 Å². The predicted molar refractivity (Wildman–Crippen MR) is 169 cm³/mol. The standard InChI is InChI=1S/C34H38N4O7/c1-22(2)32-34(41)36(20-24-6-11-27(39)12-7-24)26(17-23-8-13-28(44-3)14-9-23)21-37(32)30-15-10-25(18-31(30)38(42)43)33(40)35-19-29-5-4-16-45-29/h6-15,18,21-22,29,32,39H,4-5,16-17,19-20H2,1-3H3,(H,35,40)/t29-,32+/m0/s1. The molecule has 3 aromatic carbocycles. The van der Waals surface area contributed by atoms with Crippen molar-refractivity contribution >= 4 is 23.2 Å². The van der Waals surface area contributed by atoms with Crippen LogP contribution in [0, 0.1) is 16.0 Å². The smallest absolute Gasteiger partial charge is 0.293 e. The van der Waals surface area contributed by atoms with Crippen LogP contribution < -0.4 is 15.0 Å². The van der Waals surface area contributed by atoms with Crippen LogP contribution in [-0.4, -0.2) is 59.2 Å². The molecule has 2 atom stereocenters. The van der Waals surface area contributed by atoms with Crippen LogP contribution in [0.4, 0.5) is 11.4 Å². The summed E-state index contributed by atoms with van der Waals surface area (Å²) in [5.41, 5.74) is 2.49. The molecule has 0 radical (unpaired) electrons. The number of ether oxygens (including phenoxy) is 2. The summed E-state index contributed by atoms with van der Waals surface area (Å²) in [6, 6.07) is 17.8. The summed E-state index contributed by atoms with van der Waals surface area (Å²) < 4.78 is 10.9. The largest absolute Gasteiger partial charge is 0.508 e. The molecule has 5 rings (SSSR count). The molecule has 0 aliphatic carbocycles. The van der Waals surface area contributed by atoms with Gasteiger partial charge in [0, 0.05) is 43.1 Å². The highest BCUT2D eigenvalue weighted by atomic mass is 16.6. The zero-order valence-corrected chi connectivity index (χ0v) is 25.6. The third-order valence-electron chi connectivity index (χ3n) is 8.13. The first-order valence-corrected chi connectivity index (χ1v) is 15.0. The number of nitro benzene ring substituents is 1. The number of methoxy groups -OCH3 is 1. The highest BCUT2D eigenvalue weighted by Crippen LogP contribution is 2.37. The summed E-state index contributed by atoms with van der Waals surface area (Å²) in [5, 5.41) is 25.0. The molecule has 2 N–H and O–H groups in total. The normalized spacial score (nSPS) is 18.2. The predicted octanol–water partition coefficient (Wildman–Crippen LogP) is 5.18. The van der Waals surface area contributed by atoms with Crippen LogP contribution >= 0.6 is 0 Å². The number of nitrogens with zero attached hydrogens (tertiary/aromatic N) is 3. The Kier molecular flexibility index (Phi) is 9.68. The van der Waals surface area contributed by atoms with E-state index in [1.54, 1.807) is 59.5 Å². The van der Waals surface area contributed by atoms with E-state index in [-0.39, 0.29) is 47.2 Å². The number of hydrogen-bond acceptors (Lipinski definition) is 8. The number of phenolic OH excluding ortho intramolecular Hbond substituents is 1. The number of carbonyl (C=O) groups excluding carboxylic acids is 2. The van der Waals surface area contributed by atoms with E-state index in [9.17, 15) is 24.8 Å². The van der Waals surface area contributed by atoms with Gasteiger partial charge in [0.2, 0.25) is 5.91 Å². The Labute approximate surface area is 262 Å². The van der Waals surface area contributed by atoms with Gasteiger partial charge in [-0.3, -0.25) is 19.7 Å². The number of amides is 2. The van der Waals surface area contributed by atoms with E-state index in [1.807, 2.05) is 38.1 Å². The molecule has 11 heteroatoms. The van der Waals surface area contributed by atoms with Gasteiger partial charge in [-0.2, -0.15) is 0 Å². The molecule has 236 valence electrons. The lowest BCUT2D eigenvalue weighted by molar-refractivity contribution is -0.384. The van der Waals surface area contributed by atoms with Crippen LogP contribution in [0.1, 0.15) is 48.2 Å². The van der Waals surface area contributed by atoms with Gasteiger partial charge in [-0.15, -0.1) is 0 Å². The van der Waals surface area contributed by atoms with Gasteiger partial charge in [0.25, 0.3) is 11.6 Å². The van der Waals surface area contributed by atoms with E-state index in [2.05, 4.69) is 5.32 Å². The summed E-state index contributed by atoms with van der Waals surface area (Å²) in [7, 11) is 1.59. The second-order valence-electron chi connectivity index (χ2n) is 11.6. The Morgan fingerprint density at radius 2 is 1.82 bits per heavy atom. The quantitative estimate of drug-likeness (QED) is 0.223. The second-order valence-corrected chi connectivity index (χ2v) is 11.6. The minimum atomic E-state index is -0.750. The third-order valence-corrected chi connectivity index (χ3v) is 8.13. The Hall–Kier alpha value is -4.90. The lowest BCUT2D eigenvalue weighted by Gasteiger charge is -2.42. The fraction of sp³-hybridized carbons (Fsp3) is 0.353. The van der Waals surface area contributed by atoms with Gasteiger partial charge in [0.15, 0.2) is 0 Å². The minimum absolute atomic E-state index is 0.0619. The zero-order valence-electron chi connectivity index (χ0n) is 25.6. The highest BCUT2D eigenvalue weighted by Gasteiger charge is 2.40. The van der Waals surface area contributed by atoms with Gasteiger partial charge in [-0.25, -0.2) is 0 Å². The van der Waals surface area contributed by atoms with E-state index in [4.69, 9.17) is 9.47 Å². The summed E-state index contributed by atoms with van der Waals surface area (Å²) in [4.78, 5) is 42.5. The van der Waals surface area contributed by atoms with E-state index in [1.165, 1.54) is 6.07 Å². The second kappa shape index (κ2) is 13.8. The maximum atomic E-state index is 14.3. The van der Waals surface area contributed by atoms with Gasteiger partial charge < -0.3 is 29.7 Å². The van der Waals surface area contributed by atoms with Crippen molar-refractivity contribution in [2.45, 2.75) is 51.8 Å². The van der Waals surface area contributed by atoms with Crippen molar-refractivity contribution in [1.82, 2.24) is 10.2 Å². The van der Waals surface area contributed by atoms with Crippen molar-refractivity contribution in [2.24, 2.45) is 5.92 Å². The fourth-order valence-corrected chi connectivity index (χ4v) is 5.76. The van der Waals surface area contributed by atoms with Gasteiger partial charge in [0.05, 0.1) is 24.7 Å². The Bertz CT molecular complexity index is 1560. The molecule has 11 nitrogen and oxygen atoms in total. The van der Waals surface area contributed by atoms with E-state index < -0.39 is 16.9 Å². The Balaban J connectivity index is 1.53. The molecule has 2 amide bonds. The van der Waals surface area contributed by atoms with Crippen LogP contribution in [0.2, 0.25) is 0 Å². The van der Waals surface area contributed by atoms with Crippen LogP contribution in [0.25, 0.3) is 0 Å². The number of nitro groups is 1. The molecule has 1 saturated heterocycles. The van der Waals surface area contributed by atoms with Crippen molar-refractivity contribution < 1.29 is 29.1 Å². The molecule has 0 saturated carbocycles. The van der Waals surface area contributed by atoms with Crippen molar-refractivity contribution in [3.8, 4) is 11.5 Å². The molecule has 1 fully saturated rings. The first-order chi connectivity index (χ1) is 21.6. The third kappa shape index (κ3) is 7.26. The number of rotatable bonds is 11. The maximum Gasteiger partial charge on any atom is 0.293 e. The van der Waals surface area contributed by atoms with E-state index >= 15 is 0 Å². The zero-order chi connectivity index (χ0) is 32.1. The molecule has 45 heavy (non-hydrogen) atoms. The molecule has 0 aromatic heterocycles. The van der Waals surface area contributed by atoms with Gasteiger partial charge in [-0.1, -0.05) is 38.1 Å². The summed E-state index contributed by atoms with van der Waals surface area (Å²) in [6.07, 6.45) is 3.90. The van der Waals surface area contributed by atoms with Crippen LogP contribution in [0.15, 0.2) is 78.6 Å². The Morgan fingerprint density at radius 3 is 2.44 bits per heavy atom. The molecule has 2 aliphatic heterocycles. The first kappa shape index (κ1) is 31.5. The lowest BCUT2D eigenvalue weighted by atomic mass is 9.95. The molecular weight excluding hydrogens is 576 g/mol. The lowest BCUT2D eigenvalue weighted by Crippen LogP contribution is -2.53. The number of allylic oxidation sites excluding steroid dienone is 1. The van der Waals surface area contributed by atoms with Crippen molar-refractivity contribution in [3.63, 3.8) is 0 Å². The van der Waals surface area contributed by atoms with E-state index in [0.717, 1.165) is 24.0 Å². The monoisotopic (exact) mass is 614 g/mol. The van der Waals surface area contributed by atoms with Crippen LogP contribution in [0.5, 0.6) is 11.5 Å². The van der Waals surface area contributed by atoms with Crippen molar-refractivity contribution in [3.05, 3.63) is 105 Å². The number of carbonyl (C=O) groups is 2. The molecule has 2 heterocycles. The number of aromatic hydroxyl groups is 1. The number of nitrogens with one attached hydrogen (secondary N) is 1. The molecule has 3 aromatic rings. The minimum Gasteiger partial charge on any atom is -0.508 e. The number of hydrogen-bond donors (Lipinski definition) is 2. The number of anilines is 1. The number of benzene rings is 3. The van der Waals surface area contributed by atoms with Crippen LogP contribution in [0.3, 0.4) is 0 Å². The topological polar surface area (TPSA) is 134 Å². The highest BCUT2D eigenvalue weighted by molar-refractivity contribution is 5.96. The molecule has 2 aliphatic rings. The van der Waals surface area contributed by atoms with Crippen LogP contribution in [-0.2, 0) is 22.5 Å². The molecule has 0 bridgehead atoms. The average Bonchev–Trinajstić information content (AvgIpc) is 3.56. The van der Waals surface area contributed by atoms with Crippen molar-refractivity contribution in [2.75, 3.05) is 25.2 Å². The SMILES string of the molecule is COc1ccc(CC2=CN(c3ccc(C(=O)NC[C@@H]4CCCO4)cc3[N+](=O)[O-])[C@H](C(C)C)C(=O)N2Cc2ccc(O)cc2)cc1. The van der Waals surface area contributed by atoms with E-state index in [0.29, 0.717) is 31.0 Å². The molecule has 0 spiro atoms. The number of phenols is 1. The summed E-state index contributed by atoms with van der Waals surface area (Å²) in [5.74, 6) is -0.0267. The van der Waals surface area contributed by atoms with Gasteiger partial charge in [0.1, 0.15) is 23.2 Å². The first-order valence-electron chi connectivity index (χ1n) is 15.0. The average molecular weight is 615 g/mol. The maximum absolute atomic E-state index is 14.3. The molecule has 0 unspecified atom stereocenters.